The van der Waals surface area contributed by atoms with Crippen molar-refractivity contribution in [2.24, 2.45) is 0 Å². The van der Waals surface area contributed by atoms with E-state index in [-0.39, 0.29) is 12.1 Å². The molecular formula is C17H12F3N3O. The Balaban J connectivity index is 1.68. The van der Waals surface area contributed by atoms with Crippen molar-refractivity contribution in [1.29, 1.82) is 0 Å². The van der Waals surface area contributed by atoms with E-state index in [2.05, 4.69) is 15.3 Å². The van der Waals surface area contributed by atoms with E-state index in [4.69, 9.17) is 0 Å². The minimum atomic E-state index is -4.42. The first kappa shape index (κ1) is 15.9. The van der Waals surface area contributed by atoms with Crippen molar-refractivity contribution in [3.63, 3.8) is 0 Å². The maximum Gasteiger partial charge on any atom is 0.416 e. The molecule has 4 nitrogen and oxygen atoms in total. The normalized spacial score (nSPS) is 11.5. The monoisotopic (exact) mass is 331 g/mol. The lowest BCUT2D eigenvalue weighted by Gasteiger charge is -2.09. The van der Waals surface area contributed by atoms with Gasteiger partial charge in [0.2, 0.25) is 0 Å². The Morgan fingerprint density at radius 2 is 1.62 bits per heavy atom. The highest BCUT2D eigenvalue weighted by Gasteiger charge is 2.30. The standard InChI is InChI=1S/C17H12F3N3O/c18-17(19,20)13-4-2-12(3-5-13)16(24)23-10-11-1-6-14-15(9-11)22-8-7-21-14/h1-9H,10H2,(H,23,24). The van der Waals surface area contributed by atoms with Gasteiger partial charge >= 0.3 is 6.18 Å². The molecule has 7 heteroatoms. The molecule has 3 rings (SSSR count). The van der Waals surface area contributed by atoms with Crippen molar-refractivity contribution in [2.45, 2.75) is 12.7 Å². The molecule has 1 heterocycles. The number of aromatic nitrogens is 2. The molecule has 0 fully saturated rings. The minimum absolute atomic E-state index is 0.170. The lowest BCUT2D eigenvalue weighted by molar-refractivity contribution is -0.137. The van der Waals surface area contributed by atoms with Gasteiger partial charge in [-0.1, -0.05) is 6.07 Å². The van der Waals surface area contributed by atoms with Gasteiger partial charge in [0.15, 0.2) is 0 Å². The zero-order chi connectivity index (χ0) is 17.2. The summed E-state index contributed by atoms with van der Waals surface area (Å²) in [6, 6.07) is 9.50. The highest BCUT2D eigenvalue weighted by atomic mass is 19.4. The SMILES string of the molecule is O=C(NCc1ccc2nccnc2c1)c1ccc(C(F)(F)F)cc1. The van der Waals surface area contributed by atoms with Crippen molar-refractivity contribution >= 4 is 16.9 Å². The number of nitrogens with zero attached hydrogens (tertiary/aromatic N) is 2. The molecule has 1 N–H and O–H groups in total. The molecule has 0 atom stereocenters. The second-order valence-corrected chi connectivity index (χ2v) is 5.14. The number of fused-ring (bicyclic) bond motifs is 1. The van der Waals surface area contributed by atoms with Crippen LogP contribution in [0.3, 0.4) is 0 Å². The van der Waals surface area contributed by atoms with Gasteiger partial charge in [0.05, 0.1) is 16.6 Å². The maximum atomic E-state index is 12.5. The minimum Gasteiger partial charge on any atom is -0.348 e. The summed E-state index contributed by atoms with van der Waals surface area (Å²) in [6.45, 7) is 0.242. The Labute approximate surface area is 135 Å². The molecule has 0 aliphatic rings. The van der Waals surface area contributed by atoms with E-state index in [1.807, 2.05) is 6.07 Å². The van der Waals surface area contributed by atoms with Crippen LogP contribution in [0.15, 0.2) is 54.9 Å². The average Bonchev–Trinajstić information content (AvgIpc) is 2.59. The van der Waals surface area contributed by atoms with E-state index in [1.165, 1.54) is 0 Å². The van der Waals surface area contributed by atoms with Crippen LogP contribution < -0.4 is 5.32 Å². The number of alkyl halides is 3. The lowest BCUT2D eigenvalue weighted by Crippen LogP contribution is -2.22. The number of rotatable bonds is 3. The Kier molecular flexibility index (Phi) is 4.16. The number of carbonyl (C=O) groups excluding carboxylic acids is 1. The molecule has 1 aromatic heterocycles. The predicted molar refractivity (Wildman–Crippen MR) is 82.2 cm³/mol. The number of benzene rings is 2. The van der Waals surface area contributed by atoms with E-state index >= 15 is 0 Å². The van der Waals surface area contributed by atoms with Gasteiger partial charge in [0.1, 0.15) is 0 Å². The van der Waals surface area contributed by atoms with E-state index in [1.54, 1.807) is 24.5 Å². The molecular weight excluding hydrogens is 319 g/mol. The Morgan fingerprint density at radius 3 is 2.29 bits per heavy atom. The molecule has 0 saturated heterocycles. The fraction of sp³-hybridized carbons (Fsp3) is 0.118. The van der Waals surface area contributed by atoms with Crippen LogP contribution in [-0.4, -0.2) is 15.9 Å². The van der Waals surface area contributed by atoms with Crippen LogP contribution in [0, 0.1) is 0 Å². The van der Waals surface area contributed by atoms with Crippen molar-refractivity contribution in [2.75, 3.05) is 0 Å². The Morgan fingerprint density at radius 1 is 0.958 bits per heavy atom. The number of amides is 1. The molecule has 2 aromatic carbocycles. The molecule has 0 unspecified atom stereocenters. The number of hydrogen-bond acceptors (Lipinski definition) is 3. The van der Waals surface area contributed by atoms with Crippen molar-refractivity contribution < 1.29 is 18.0 Å². The molecule has 1 amide bonds. The third-order valence-electron chi connectivity index (χ3n) is 3.46. The Hall–Kier alpha value is -2.96. The smallest absolute Gasteiger partial charge is 0.348 e. The van der Waals surface area contributed by atoms with E-state index in [0.29, 0.717) is 5.52 Å². The van der Waals surface area contributed by atoms with Crippen molar-refractivity contribution in [3.05, 3.63) is 71.5 Å². The van der Waals surface area contributed by atoms with Gasteiger partial charge in [-0.3, -0.25) is 14.8 Å². The van der Waals surface area contributed by atoms with Crippen LogP contribution in [-0.2, 0) is 12.7 Å². The molecule has 122 valence electrons. The summed E-state index contributed by atoms with van der Waals surface area (Å²) < 4.78 is 37.5. The predicted octanol–water partition coefficient (Wildman–Crippen LogP) is 3.58. The molecule has 0 radical (unpaired) electrons. The Bertz CT molecular complexity index is 876. The van der Waals surface area contributed by atoms with Gasteiger partial charge < -0.3 is 5.32 Å². The summed E-state index contributed by atoms with van der Waals surface area (Å²) in [5.74, 6) is -0.442. The van der Waals surface area contributed by atoms with Crippen LogP contribution in [0.4, 0.5) is 13.2 Å². The molecule has 0 saturated carbocycles. The summed E-state index contributed by atoms with van der Waals surface area (Å²) in [5.41, 5.74) is 1.66. The van der Waals surface area contributed by atoms with Gasteiger partial charge in [-0.2, -0.15) is 13.2 Å². The third-order valence-corrected chi connectivity index (χ3v) is 3.46. The van der Waals surface area contributed by atoms with E-state index in [9.17, 15) is 18.0 Å². The second kappa shape index (κ2) is 6.27. The number of hydrogen-bond donors (Lipinski definition) is 1. The molecule has 0 aliphatic carbocycles. The van der Waals surface area contributed by atoms with Crippen LogP contribution >= 0.6 is 0 Å². The lowest BCUT2D eigenvalue weighted by atomic mass is 10.1. The first-order valence-electron chi connectivity index (χ1n) is 7.08. The van der Waals surface area contributed by atoms with Crippen LogP contribution in [0.25, 0.3) is 11.0 Å². The number of carbonyl (C=O) groups is 1. The van der Waals surface area contributed by atoms with Gasteiger partial charge in [0.25, 0.3) is 5.91 Å². The zero-order valence-electron chi connectivity index (χ0n) is 12.3. The highest BCUT2D eigenvalue weighted by Crippen LogP contribution is 2.29. The van der Waals surface area contributed by atoms with Crippen LogP contribution in [0.2, 0.25) is 0 Å². The summed E-state index contributed by atoms with van der Waals surface area (Å²) in [5, 5.41) is 2.67. The summed E-state index contributed by atoms with van der Waals surface area (Å²) in [4.78, 5) is 20.4. The third kappa shape index (κ3) is 3.51. The summed E-state index contributed by atoms with van der Waals surface area (Å²) in [6.07, 6.45) is -1.25. The van der Waals surface area contributed by atoms with Crippen LogP contribution in [0.1, 0.15) is 21.5 Å². The second-order valence-electron chi connectivity index (χ2n) is 5.14. The van der Waals surface area contributed by atoms with Gasteiger partial charge in [-0.05, 0) is 42.0 Å². The van der Waals surface area contributed by atoms with Crippen molar-refractivity contribution in [1.82, 2.24) is 15.3 Å². The first-order chi connectivity index (χ1) is 11.4. The highest BCUT2D eigenvalue weighted by molar-refractivity contribution is 5.94. The van der Waals surface area contributed by atoms with Gasteiger partial charge in [-0.15, -0.1) is 0 Å². The largest absolute Gasteiger partial charge is 0.416 e. The molecule has 0 aliphatic heterocycles. The molecule has 0 bridgehead atoms. The zero-order valence-corrected chi connectivity index (χ0v) is 12.3. The fourth-order valence-electron chi connectivity index (χ4n) is 2.21. The quantitative estimate of drug-likeness (QED) is 0.798. The topological polar surface area (TPSA) is 54.9 Å². The van der Waals surface area contributed by atoms with Gasteiger partial charge in [-0.25, -0.2) is 0 Å². The fourth-order valence-corrected chi connectivity index (χ4v) is 2.21. The summed E-state index contributed by atoms with van der Waals surface area (Å²) in [7, 11) is 0. The first-order valence-corrected chi connectivity index (χ1v) is 7.08. The van der Waals surface area contributed by atoms with Crippen molar-refractivity contribution in [3.8, 4) is 0 Å². The van der Waals surface area contributed by atoms with E-state index in [0.717, 1.165) is 35.3 Å². The molecule has 0 spiro atoms. The average molecular weight is 331 g/mol. The number of halogens is 3. The van der Waals surface area contributed by atoms with Gasteiger partial charge in [0, 0.05) is 24.5 Å². The molecule has 24 heavy (non-hydrogen) atoms. The maximum absolute atomic E-state index is 12.5. The van der Waals surface area contributed by atoms with E-state index < -0.39 is 17.6 Å². The summed E-state index contributed by atoms with van der Waals surface area (Å²) >= 11 is 0. The number of nitrogens with one attached hydrogen (secondary N) is 1. The van der Waals surface area contributed by atoms with Crippen LogP contribution in [0.5, 0.6) is 0 Å². The molecule has 3 aromatic rings.